The number of hydrogen-bond acceptors (Lipinski definition) is 3. The summed E-state index contributed by atoms with van der Waals surface area (Å²) >= 11 is 0. The number of carbonyl (C=O) groups is 1. The fourth-order valence-corrected chi connectivity index (χ4v) is 0.718. The van der Waals surface area contributed by atoms with E-state index in [1.165, 1.54) is 17.0 Å². The molecule has 0 saturated carbocycles. The summed E-state index contributed by atoms with van der Waals surface area (Å²) in [5, 5.41) is 8.43. The van der Waals surface area contributed by atoms with Gasteiger partial charge in [0.1, 0.15) is 12.4 Å². The number of aliphatic hydroxyl groups is 1. The van der Waals surface area contributed by atoms with Crippen LogP contribution in [0.2, 0.25) is 0 Å². The lowest BCUT2D eigenvalue weighted by Gasteiger charge is -1.97. The Balaban J connectivity index is 2.93. The molecule has 0 amide bonds. The first-order valence-electron chi connectivity index (χ1n) is 2.89. The van der Waals surface area contributed by atoms with Crippen molar-refractivity contribution in [1.82, 2.24) is 9.55 Å². The lowest BCUT2D eigenvalue weighted by Crippen LogP contribution is -2.14. The van der Waals surface area contributed by atoms with E-state index in [1.807, 2.05) is 0 Å². The Morgan fingerprint density at radius 3 is 3.00 bits per heavy atom. The predicted octanol–water partition coefficient (Wildman–Crippen LogP) is -0.176. The van der Waals surface area contributed by atoms with Gasteiger partial charge in [-0.25, -0.2) is 4.98 Å². The largest absolute Gasteiger partial charge is 0.387 e. The van der Waals surface area contributed by atoms with E-state index in [4.69, 9.17) is 5.11 Å². The molecule has 1 heterocycles. The predicted molar refractivity (Wildman–Crippen MR) is 34.7 cm³/mol. The number of carbonyl (C=O) groups excluding carboxylic acids is 1. The number of rotatable bonds is 1. The van der Waals surface area contributed by atoms with Crippen LogP contribution in [0.5, 0.6) is 0 Å². The van der Waals surface area contributed by atoms with Crippen LogP contribution in [0.4, 0.5) is 0 Å². The quantitative estimate of drug-likeness (QED) is 0.589. The minimum atomic E-state index is -0.475. The van der Waals surface area contributed by atoms with E-state index in [-0.39, 0.29) is 5.91 Å². The van der Waals surface area contributed by atoms with Gasteiger partial charge in [-0.05, 0) is 6.92 Å². The number of aliphatic hydroxyl groups excluding tert-OH is 1. The van der Waals surface area contributed by atoms with Crippen LogP contribution >= 0.6 is 0 Å². The molecule has 1 N–H and O–H groups in total. The Hall–Kier alpha value is -1.16. The highest BCUT2D eigenvalue weighted by molar-refractivity contribution is 5.80. The molecule has 0 fully saturated rings. The maximum absolute atomic E-state index is 10.8. The minimum Gasteiger partial charge on any atom is -0.387 e. The summed E-state index contributed by atoms with van der Waals surface area (Å²) in [6.45, 7) is 1.23. The smallest absolute Gasteiger partial charge is 0.257 e. The van der Waals surface area contributed by atoms with Crippen LogP contribution < -0.4 is 0 Å². The molecule has 1 aromatic rings. The Morgan fingerprint density at radius 1 is 1.90 bits per heavy atom. The van der Waals surface area contributed by atoms with Crippen molar-refractivity contribution < 1.29 is 9.90 Å². The van der Waals surface area contributed by atoms with Crippen LogP contribution in [0, 0.1) is 6.92 Å². The van der Waals surface area contributed by atoms with Gasteiger partial charge in [-0.2, -0.15) is 0 Å². The molecule has 0 aliphatic heterocycles. The standard InChI is InChI=1S/C6H8N2O2/c1-5-7-2-3-8(5)6(10)4-9/h2-3,9H,4H2,1H3. The zero-order valence-electron chi connectivity index (χ0n) is 5.61. The van der Waals surface area contributed by atoms with Crippen LogP contribution in [-0.2, 0) is 0 Å². The SMILES string of the molecule is Cc1nccn1C(=O)CO. The highest BCUT2D eigenvalue weighted by Gasteiger charge is 2.03. The topological polar surface area (TPSA) is 55.1 Å². The molecular weight excluding hydrogens is 132 g/mol. The molecule has 0 atom stereocenters. The minimum absolute atomic E-state index is 0.352. The molecule has 0 aliphatic rings. The van der Waals surface area contributed by atoms with Crippen LogP contribution in [0.15, 0.2) is 12.4 Å². The Bertz CT molecular complexity index is 242. The van der Waals surface area contributed by atoms with Crippen molar-refractivity contribution in [2.75, 3.05) is 6.61 Å². The van der Waals surface area contributed by atoms with Crippen molar-refractivity contribution in [2.45, 2.75) is 6.92 Å². The molecule has 4 nitrogen and oxygen atoms in total. The zero-order chi connectivity index (χ0) is 7.56. The van der Waals surface area contributed by atoms with Crippen LogP contribution in [0.1, 0.15) is 10.6 Å². The van der Waals surface area contributed by atoms with Gasteiger partial charge in [-0.3, -0.25) is 9.36 Å². The molecule has 0 radical (unpaired) electrons. The number of aromatic nitrogens is 2. The van der Waals surface area contributed by atoms with Crippen molar-refractivity contribution in [3.05, 3.63) is 18.2 Å². The summed E-state index contributed by atoms with van der Waals surface area (Å²) in [4.78, 5) is 14.6. The first-order valence-corrected chi connectivity index (χ1v) is 2.89. The zero-order valence-corrected chi connectivity index (χ0v) is 5.61. The third kappa shape index (κ3) is 1.06. The molecule has 1 aromatic heterocycles. The molecule has 10 heavy (non-hydrogen) atoms. The second-order valence-electron chi connectivity index (χ2n) is 1.90. The number of aryl methyl sites for hydroxylation is 1. The third-order valence-electron chi connectivity index (χ3n) is 1.23. The number of imidazole rings is 1. The van der Waals surface area contributed by atoms with Gasteiger partial charge in [0.25, 0.3) is 5.91 Å². The molecule has 0 bridgehead atoms. The number of nitrogens with zero attached hydrogens (tertiary/aromatic N) is 2. The lowest BCUT2D eigenvalue weighted by molar-refractivity contribution is 0.0816. The molecule has 1 rings (SSSR count). The van der Waals surface area contributed by atoms with E-state index in [9.17, 15) is 4.79 Å². The maximum Gasteiger partial charge on any atom is 0.257 e. The van der Waals surface area contributed by atoms with Crippen molar-refractivity contribution in [1.29, 1.82) is 0 Å². The molecule has 0 unspecified atom stereocenters. The second-order valence-corrected chi connectivity index (χ2v) is 1.90. The van der Waals surface area contributed by atoms with E-state index >= 15 is 0 Å². The molecule has 0 saturated heterocycles. The van der Waals surface area contributed by atoms with Gasteiger partial charge in [0.05, 0.1) is 0 Å². The van der Waals surface area contributed by atoms with Crippen molar-refractivity contribution in [3.63, 3.8) is 0 Å². The first kappa shape index (κ1) is 6.95. The molecule has 4 heteroatoms. The number of hydrogen-bond donors (Lipinski definition) is 1. The van der Waals surface area contributed by atoms with E-state index in [0.29, 0.717) is 5.82 Å². The Kier molecular flexibility index (Phi) is 1.82. The van der Waals surface area contributed by atoms with E-state index < -0.39 is 6.61 Å². The highest BCUT2D eigenvalue weighted by atomic mass is 16.3. The fraction of sp³-hybridized carbons (Fsp3) is 0.333. The van der Waals surface area contributed by atoms with Gasteiger partial charge in [-0.1, -0.05) is 0 Å². The van der Waals surface area contributed by atoms with E-state index in [1.54, 1.807) is 6.92 Å². The van der Waals surface area contributed by atoms with Gasteiger partial charge in [0, 0.05) is 12.4 Å². The van der Waals surface area contributed by atoms with Gasteiger partial charge >= 0.3 is 0 Å². The molecule has 0 aliphatic carbocycles. The molecular formula is C6H8N2O2. The normalized spacial score (nSPS) is 9.80. The summed E-state index contributed by atoms with van der Waals surface area (Å²) in [7, 11) is 0. The maximum atomic E-state index is 10.8. The monoisotopic (exact) mass is 140 g/mol. The van der Waals surface area contributed by atoms with Crippen molar-refractivity contribution in [3.8, 4) is 0 Å². The van der Waals surface area contributed by atoms with Crippen LogP contribution in [0.25, 0.3) is 0 Å². The Morgan fingerprint density at radius 2 is 2.60 bits per heavy atom. The first-order chi connectivity index (χ1) is 4.75. The Labute approximate surface area is 58.1 Å². The van der Waals surface area contributed by atoms with Gasteiger partial charge in [0.15, 0.2) is 0 Å². The van der Waals surface area contributed by atoms with Gasteiger partial charge in [-0.15, -0.1) is 0 Å². The van der Waals surface area contributed by atoms with Crippen LogP contribution in [-0.4, -0.2) is 27.2 Å². The van der Waals surface area contributed by atoms with E-state index in [0.717, 1.165) is 0 Å². The highest BCUT2D eigenvalue weighted by Crippen LogP contribution is 1.93. The average Bonchev–Trinajstić information content (AvgIpc) is 2.34. The summed E-state index contributed by atoms with van der Waals surface area (Å²) in [5.41, 5.74) is 0. The summed E-state index contributed by atoms with van der Waals surface area (Å²) < 4.78 is 1.31. The van der Waals surface area contributed by atoms with Crippen molar-refractivity contribution in [2.24, 2.45) is 0 Å². The lowest BCUT2D eigenvalue weighted by atomic mass is 10.6. The van der Waals surface area contributed by atoms with Gasteiger partial charge in [0.2, 0.25) is 0 Å². The summed E-state index contributed by atoms with van der Waals surface area (Å²) in [5.74, 6) is 0.244. The fourth-order valence-electron chi connectivity index (χ4n) is 0.718. The summed E-state index contributed by atoms with van der Waals surface area (Å²) in [6, 6.07) is 0. The molecule has 0 spiro atoms. The second kappa shape index (κ2) is 2.62. The molecule has 54 valence electrons. The summed E-state index contributed by atoms with van der Waals surface area (Å²) in [6.07, 6.45) is 3.04. The van der Waals surface area contributed by atoms with Crippen LogP contribution in [0.3, 0.4) is 0 Å². The molecule has 0 aromatic carbocycles. The average molecular weight is 140 g/mol. The van der Waals surface area contributed by atoms with E-state index in [2.05, 4.69) is 4.98 Å². The third-order valence-corrected chi connectivity index (χ3v) is 1.23. The van der Waals surface area contributed by atoms with Crippen molar-refractivity contribution >= 4 is 5.91 Å². The van der Waals surface area contributed by atoms with Gasteiger partial charge < -0.3 is 5.11 Å².